The lowest BCUT2D eigenvalue weighted by Crippen LogP contribution is -2.28. The molecule has 0 spiro atoms. The number of carbonyl (C=O) groups is 3. The molecule has 7 aromatic rings. The molecule has 1 aromatic heterocycles. The van der Waals surface area contributed by atoms with Crippen molar-refractivity contribution in [3.8, 4) is 40.2 Å². The maximum absolute atomic E-state index is 14.5. The molecule has 350 valence electrons. The minimum Gasteiger partial charge on any atom is -0.493 e. The largest absolute Gasteiger partial charge is 0.493 e. The summed E-state index contributed by atoms with van der Waals surface area (Å²) in [4.78, 5) is 56.5. The van der Waals surface area contributed by atoms with Gasteiger partial charge in [-0.15, -0.1) is 0 Å². The Morgan fingerprint density at radius 3 is 1.64 bits per heavy atom. The van der Waals surface area contributed by atoms with Crippen LogP contribution in [-0.4, -0.2) is 46.3 Å². The first-order chi connectivity index (χ1) is 33.7. The van der Waals surface area contributed by atoms with Crippen LogP contribution in [0.15, 0.2) is 143 Å². The van der Waals surface area contributed by atoms with Crippen LogP contribution in [0.4, 0.5) is 5.69 Å². The number of nitrogens with zero attached hydrogens (tertiary/aromatic N) is 1. The second-order valence-corrected chi connectivity index (χ2v) is 16.5. The standard InChI is InChI=1S/C56H49NO12/c1-62-43-30-37(23-24-41(43)66-47(58)25-20-34-14-8-5-9-15-34)50-51-40-32-44(63-2)45(67-48(59)26-21-35-16-10-6-11-17-35)33-42(40)68-56(61)53(51)57-29-28-38-39(52(50)57)31-46(64-3)55(65-4)54(38)69-49(60)27-22-36-18-12-7-13-19-36/h5-19,23-24,28-33,50,52H,20-22,25-27H2,1-4H3. The third-order valence-electron chi connectivity index (χ3n) is 12.4. The van der Waals surface area contributed by atoms with E-state index in [9.17, 15) is 19.2 Å². The first kappa shape index (κ1) is 45.8. The van der Waals surface area contributed by atoms with E-state index in [0.29, 0.717) is 52.7 Å². The van der Waals surface area contributed by atoms with Crippen molar-refractivity contribution in [1.29, 1.82) is 0 Å². The smallest absolute Gasteiger partial charge is 0.360 e. The normalized spacial score (nSPS) is 14.3. The van der Waals surface area contributed by atoms with Gasteiger partial charge in [-0.25, -0.2) is 4.79 Å². The van der Waals surface area contributed by atoms with Gasteiger partial charge >= 0.3 is 23.5 Å². The van der Waals surface area contributed by atoms with E-state index >= 15 is 0 Å². The highest BCUT2D eigenvalue weighted by Crippen LogP contribution is 2.59. The molecule has 0 saturated carbocycles. The number of fused-ring (bicyclic) bond motifs is 7. The zero-order chi connectivity index (χ0) is 48.0. The molecule has 0 bridgehead atoms. The van der Waals surface area contributed by atoms with Crippen LogP contribution in [0.5, 0.6) is 40.2 Å². The van der Waals surface area contributed by atoms with E-state index in [1.54, 1.807) is 30.5 Å². The lowest BCUT2D eigenvalue weighted by molar-refractivity contribution is -0.135. The highest BCUT2D eigenvalue weighted by molar-refractivity contribution is 5.94. The van der Waals surface area contributed by atoms with E-state index in [-0.39, 0.29) is 65.0 Å². The number of benzene rings is 6. The van der Waals surface area contributed by atoms with Crippen molar-refractivity contribution in [3.05, 3.63) is 183 Å². The predicted octanol–water partition coefficient (Wildman–Crippen LogP) is 10.1. The molecule has 0 aliphatic carbocycles. The first-order valence-corrected chi connectivity index (χ1v) is 22.5. The van der Waals surface area contributed by atoms with Gasteiger partial charge in [0, 0.05) is 54.0 Å². The number of esters is 3. The Hall–Kier alpha value is -8.32. The molecule has 0 radical (unpaired) electrons. The molecular formula is C56H49NO12. The van der Waals surface area contributed by atoms with Crippen LogP contribution in [0, 0.1) is 0 Å². The fraction of sp³-hybridized carbons (Fsp3) is 0.214. The molecule has 9 rings (SSSR count). The molecule has 0 amide bonds. The maximum atomic E-state index is 14.5. The van der Waals surface area contributed by atoms with Crippen LogP contribution in [0.3, 0.4) is 0 Å². The Kier molecular flexibility index (Phi) is 13.5. The molecule has 0 fully saturated rings. The molecule has 13 heteroatoms. The Labute approximate surface area is 398 Å². The van der Waals surface area contributed by atoms with Gasteiger partial charge in [-0.1, -0.05) is 97.1 Å². The molecular weight excluding hydrogens is 879 g/mol. The van der Waals surface area contributed by atoms with Gasteiger partial charge < -0.3 is 42.5 Å². The van der Waals surface area contributed by atoms with Crippen molar-refractivity contribution < 1.29 is 52.0 Å². The molecule has 69 heavy (non-hydrogen) atoms. The van der Waals surface area contributed by atoms with Gasteiger partial charge in [0.25, 0.3) is 0 Å². The van der Waals surface area contributed by atoms with Gasteiger partial charge in [0.15, 0.2) is 34.5 Å². The topological polar surface area (TPSA) is 149 Å². The second-order valence-electron chi connectivity index (χ2n) is 16.5. The van der Waals surface area contributed by atoms with Crippen LogP contribution >= 0.6 is 0 Å². The molecule has 6 aromatic carbocycles. The van der Waals surface area contributed by atoms with Crippen molar-refractivity contribution in [2.24, 2.45) is 0 Å². The van der Waals surface area contributed by atoms with Gasteiger partial charge in [-0.05, 0) is 77.4 Å². The molecule has 13 nitrogen and oxygen atoms in total. The van der Waals surface area contributed by atoms with Gasteiger partial charge in [0.2, 0.25) is 5.75 Å². The van der Waals surface area contributed by atoms with Crippen LogP contribution in [-0.2, 0) is 33.6 Å². The van der Waals surface area contributed by atoms with Crippen LogP contribution in [0.2, 0.25) is 0 Å². The summed E-state index contributed by atoms with van der Waals surface area (Å²) >= 11 is 0. The van der Waals surface area contributed by atoms with E-state index in [1.165, 1.54) is 34.5 Å². The average molecular weight is 928 g/mol. The third-order valence-corrected chi connectivity index (χ3v) is 12.4. The van der Waals surface area contributed by atoms with E-state index in [2.05, 4.69) is 0 Å². The minimum atomic E-state index is -0.694. The van der Waals surface area contributed by atoms with E-state index in [0.717, 1.165) is 16.7 Å². The van der Waals surface area contributed by atoms with E-state index in [4.69, 9.17) is 37.6 Å². The third kappa shape index (κ3) is 9.49. The minimum absolute atomic E-state index is 0.0827. The number of rotatable bonds is 17. The summed E-state index contributed by atoms with van der Waals surface area (Å²) < 4.78 is 47.5. The molecule has 2 unspecified atom stereocenters. The number of hydrogen-bond donors (Lipinski definition) is 0. The molecule has 2 aliphatic heterocycles. The predicted molar refractivity (Wildman–Crippen MR) is 259 cm³/mol. The van der Waals surface area contributed by atoms with E-state index < -0.39 is 35.5 Å². The van der Waals surface area contributed by atoms with Crippen molar-refractivity contribution in [2.45, 2.75) is 50.5 Å². The molecule has 0 N–H and O–H groups in total. The fourth-order valence-electron chi connectivity index (χ4n) is 9.14. The zero-order valence-electron chi connectivity index (χ0n) is 38.5. The summed E-state index contributed by atoms with van der Waals surface area (Å²) in [6.45, 7) is 0. The summed E-state index contributed by atoms with van der Waals surface area (Å²) in [7, 11) is 5.92. The van der Waals surface area contributed by atoms with Gasteiger partial charge in [-0.3, -0.25) is 14.4 Å². The summed E-state index contributed by atoms with van der Waals surface area (Å²) in [5.74, 6) is -0.623. The van der Waals surface area contributed by atoms with Crippen LogP contribution in [0.1, 0.15) is 70.2 Å². The van der Waals surface area contributed by atoms with Crippen molar-refractivity contribution in [1.82, 2.24) is 0 Å². The molecule has 0 saturated heterocycles. The SMILES string of the molecule is COc1cc(C2c3c(c(=O)oc4cc(OC(=O)CCc5ccccc5)c(OC)cc34)N3C=Cc4c(cc(OC)c(OC)c4OC(=O)CCc4ccccc4)C23)ccc1OC(=O)CCc1ccccc1. The number of aryl methyl sites for hydroxylation is 3. The van der Waals surface area contributed by atoms with Crippen molar-refractivity contribution in [3.63, 3.8) is 0 Å². The fourth-order valence-corrected chi connectivity index (χ4v) is 9.14. The van der Waals surface area contributed by atoms with Crippen molar-refractivity contribution >= 4 is 40.6 Å². The number of ether oxygens (including phenoxy) is 7. The number of anilines is 1. The highest BCUT2D eigenvalue weighted by atomic mass is 16.6. The quantitative estimate of drug-likeness (QED) is 0.0485. The van der Waals surface area contributed by atoms with Crippen LogP contribution < -0.4 is 43.7 Å². The summed E-state index contributed by atoms with van der Waals surface area (Å²) in [6, 6.07) is 38.5. The highest BCUT2D eigenvalue weighted by Gasteiger charge is 2.47. The number of carbonyl (C=O) groups excluding carboxylic acids is 3. The van der Waals surface area contributed by atoms with Crippen molar-refractivity contribution in [2.75, 3.05) is 33.3 Å². The number of methoxy groups -OCH3 is 4. The first-order valence-electron chi connectivity index (χ1n) is 22.5. The Balaban J connectivity index is 1.15. The van der Waals surface area contributed by atoms with Gasteiger partial charge in [0.05, 0.1) is 34.5 Å². The Morgan fingerprint density at radius 2 is 1.09 bits per heavy atom. The zero-order valence-corrected chi connectivity index (χ0v) is 38.5. The molecule has 2 atom stereocenters. The Bertz CT molecular complexity index is 3130. The van der Waals surface area contributed by atoms with E-state index in [1.807, 2.05) is 108 Å². The Morgan fingerprint density at radius 1 is 0.551 bits per heavy atom. The maximum Gasteiger partial charge on any atom is 0.360 e. The summed E-state index contributed by atoms with van der Waals surface area (Å²) in [5, 5.41) is 0.503. The molecule has 3 heterocycles. The average Bonchev–Trinajstić information content (AvgIpc) is 3.74. The van der Waals surface area contributed by atoms with Gasteiger partial charge in [-0.2, -0.15) is 0 Å². The lowest BCUT2D eigenvalue weighted by Gasteiger charge is -2.33. The van der Waals surface area contributed by atoms with Crippen LogP contribution in [0.25, 0.3) is 17.0 Å². The summed E-state index contributed by atoms with van der Waals surface area (Å²) in [5.41, 5.74) is 5.10. The second kappa shape index (κ2) is 20.3. The summed E-state index contributed by atoms with van der Waals surface area (Å²) in [6.07, 6.45) is 5.27. The lowest BCUT2D eigenvalue weighted by atomic mass is 9.80. The monoisotopic (exact) mass is 927 g/mol. The van der Waals surface area contributed by atoms with Gasteiger partial charge in [0.1, 0.15) is 11.3 Å². The number of hydrogen-bond acceptors (Lipinski definition) is 13. The molecule has 2 aliphatic rings.